The third-order valence-corrected chi connectivity index (χ3v) is 5.02. The lowest BCUT2D eigenvalue weighted by molar-refractivity contribution is -0.145. The van der Waals surface area contributed by atoms with Gasteiger partial charge in [0.1, 0.15) is 22.5 Å². The van der Waals surface area contributed by atoms with E-state index in [1.165, 1.54) is 4.80 Å². The summed E-state index contributed by atoms with van der Waals surface area (Å²) in [5, 5.41) is 20.5. The molecule has 0 aliphatic carbocycles. The highest BCUT2D eigenvalue weighted by molar-refractivity contribution is 6.31. The van der Waals surface area contributed by atoms with Gasteiger partial charge in [0, 0.05) is 10.6 Å². The van der Waals surface area contributed by atoms with E-state index in [0.29, 0.717) is 33.9 Å². The quantitative estimate of drug-likeness (QED) is 0.584. The fourth-order valence-electron chi connectivity index (χ4n) is 3.07. The molecule has 1 atom stereocenters. The topological polar surface area (TPSA) is 77.2 Å². The Morgan fingerprint density at radius 3 is 2.55 bits per heavy atom. The Labute approximate surface area is 175 Å². The molecule has 29 heavy (non-hydrogen) atoms. The molecule has 0 aliphatic heterocycles. The Balaban J connectivity index is 2.15. The number of esters is 1. The van der Waals surface area contributed by atoms with Gasteiger partial charge in [0.2, 0.25) is 0 Å². The molecule has 1 N–H and O–H groups in total. The number of carbonyl (C=O) groups is 1. The van der Waals surface area contributed by atoms with Crippen molar-refractivity contribution in [2.24, 2.45) is 0 Å². The first kappa shape index (κ1) is 21.1. The Morgan fingerprint density at radius 2 is 1.90 bits per heavy atom. The van der Waals surface area contributed by atoms with Crippen LogP contribution < -0.4 is 0 Å². The fraction of sp³-hybridized carbons (Fsp3) is 0.409. The molecular weight excluding hydrogens is 390 g/mol. The largest absolute Gasteiger partial charge is 0.505 e. The summed E-state index contributed by atoms with van der Waals surface area (Å²) >= 11 is 6.06. The van der Waals surface area contributed by atoms with E-state index in [9.17, 15) is 9.90 Å². The summed E-state index contributed by atoms with van der Waals surface area (Å²) in [5.74, 6) is -0.697. The van der Waals surface area contributed by atoms with Gasteiger partial charge in [-0.1, -0.05) is 45.4 Å². The van der Waals surface area contributed by atoms with Crippen LogP contribution in [0.25, 0.3) is 16.7 Å². The second-order valence-electron chi connectivity index (χ2n) is 8.20. The molecule has 0 saturated heterocycles. The number of nitrogens with zero attached hydrogens (tertiary/aromatic N) is 3. The predicted octanol–water partition coefficient (Wildman–Crippen LogP) is 5.13. The molecule has 0 aliphatic rings. The lowest BCUT2D eigenvalue weighted by Gasteiger charge is -2.24. The van der Waals surface area contributed by atoms with Gasteiger partial charge in [-0.25, -0.2) is 0 Å². The number of aromatic hydroxyl groups is 1. The van der Waals surface area contributed by atoms with Crippen molar-refractivity contribution in [2.45, 2.75) is 52.4 Å². The van der Waals surface area contributed by atoms with Crippen molar-refractivity contribution in [1.29, 1.82) is 0 Å². The molecule has 1 unspecified atom stereocenters. The first-order valence-corrected chi connectivity index (χ1v) is 10.1. The molecule has 0 amide bonds. The summed E-state index contributed by atoms with van der Waals surface area (Å²) in [6, 6.07) is 8.83. The van der Waals surface area contributed by atoms with Crippen LogP contribution in [0.1, 0.15) is 58.1 Å². The molecule has 3 rings (SSSR count). The van der Waals surface area contributed by atoms with Crippen molar-refractivity contribution in [3.05, 3.63) is 46.5 Å². The highest BCUT2D eigenvalue weighted by Gasteiger charge is 2.26. The first-order chi connectivity index (χ1) is 13.6. The fourth-order valence-corrected chi connectivity index (χ4v) is 3.24. The standard InChI is InChI=1S/C22H26ClN3O3/c1-6-9-29-21(28)13(2)14-10-16(22(3,4)5)20(27)19(11-14)26-24-17-8-7-15(23)12-18(17)25-26/h7-8,10-13,27H,6,9H2,1-5H3. The molecule has 0 bridgehead atoms. The summed E-state index contributed by atoms with van der Waals surface area (Å²) in [6.45, 7) is 10.1. The molecule has 2 aromatic carbocycles. The summed E-state index contributed by atoms with van der Waals surface area (Å²) in [5.41, 5.74) is 2.79. The number of phenols is 1. The number of carbonyl (C=O) groups excluding carboxylic acids is 1. The number of rotatable bonds is 5. The van der Waals surface area contributed by atoms with Crippen LogP contribution in [-0.4, -0.2) is 32.7 Å². The molecule has 6 nitrogen and oxygen atoms in total. The minimum absolute atomic E-state index is 0.0850. The maximum Gasteiger partial charge on any atom is 0.313 e. The second kappa shape index (κ2) is 8.03. The van der Waals surface area contributed by atoms with Crippen LogP contribution >= 0.6 is 11.6 Å². The van der Waals surface area contributed by atoms with Gasteiger partial charge in [-0.3, -0.25) is 4.79 Å². The van der Waals surface area contributed by atoms with Crippen molar-refractivity contribution in [3.8, 4) is 11.4 Å². The average Bonchev–Trinajstić information content (AvgIpc) is 3.07. The number of ether oxygens (including phenoxy) is 1. The van der Waals surface area contributed by atoms with E-state index < -0.39 is 5.92 Å². The van der Waals surface area contributed by atoms with Crippen LogP contribution in [0.2, 0.25) is 5.02 Å². The van der Waals surface area contributed by atoms with Gasteiger partial charge < -0.3 is 9.84 Å². The van der Waals surface area contributed by atoms with Crippen LogP contribution in [-0.2, 0) is 14.9 Å². The van der Waals surface area contributed by atoms with Crippen LogP contribution in [0.5, 0.6) is 5.75 Å². The van der Waals surface area contributed by atoms with E-state index in [0.717, 1.165) is 12.0 Å². The minimum Gasteiger partial charge on any atom is -0.505 e. The molecule has 154 valence electrons. The first-order valence-electron chi connectivity index (χ1n) is 9.68. The molecular formula is C22H26ClN3O3. The van der Waals surface area contributed by atoms with Crippen LogP contribution in [0, 0.1) is 0 Å². The lowest BCUT2D eigenvalue weighted by Crippen LogP contribution is -2.18. The zero-order chi connectivity index (χ0) is 21.3. The lowest BCUT2D eigenvalue weighted by atomic mass is 9.83. The summed E-state index contributed by atoms with van der Waals surface area (Å²) in [6.07, 6.45) is 0.763. The number of hydrogen-bond donors (Lipinski definition) is 1. The Bertz CT molecular complexity index is 1050. The average molecular weight is 416 g/mol. The monoisotopic (exact) mass is 415 g/mol. The van der Waals surface area contributed by atoms with Crippen LogP contribution in [0.4, 0.5) is 0 Å². The molecule has 1 heterocycles. The normalized spacial score (nSPS) is 12.9. The van der Waals surface area contributed by atoms with Crippen molar-refractivity contribution in [2.75, 3.05) is 6.61 Å². The molecule has 0 saturated carbocycles. The van der Waals surface area contributed by atoms with Gasteiger partial charge in [-0.2, -0.15) is 0 Å². The number of aromatic nitrogens is 3. The van der Waals surface area contributed by atoms with Gasteiger partial charge >= 0.3 is 5.97 Å². The highest BCUT2D eigenvalue weighted by atomic mass is 35.5. The minimum atomic E-state index is -0.485. The number of hydrogen-bond acceptors (Lipinski definition) is 5. The molecule has 3 aromatic rings. The number of halogens is 1. The van der Waals surface area contributed by atoms with E-state index >= 15 is 0 Å². The molecule has 7 heteroatoms. The summed E-state index contributed by atoms with van der Waals surface area (Å²) in [7, 11) is 0. The summed E-state index contributed by atoms with van der Waals surface area (Å²) in [4.78, 5) is 13.8. The van der Waals surface area contributed by atoms with Crippen molar-refractivity contribution >= 4 is 28.6 Å². The zero-order valence-electron chi connectivity index (χ0n) is 17.4. The van der Waals surface area contributed by atoms with E-state index in [2.05, 4.69) is 10.2 Å². The zero-order valence-corrected chi connectivity index (χ0v) is 18.1. The summed E-state index contributed by atoms with van der Waals surface area (Å²) < 4.78 is 5.32. The number of phenolic OH excluding ortho intramolecular Hbond substituents is 1. The third-order valence-electron chi connectivity index (χ3n) is 4.78. The Morgan fingerprint density at radius 1 is 1.21 bits per heavy atom. The van der Waals surface area contributed by atoms with E-state index in [1.807, 2.05) is 33.8 Å². The maximum absolute atomic E-state index is 12.4. The predicted molar refractivity (Wildman–Crippen MR) is 114 cm³/mol. The Kier molecular flexibility index (Phi) is 5.85. The van der Waals surface area contributed by atoms with Gasteiger partial charge in [0.15, 0.2) is 0 Å². The van der Waals surface area contributed by atoms with E-state index in [1.54, 1.807) is 31.2 Å². The maximum atomic E-state index is 12.4. The second-order valence-corrected chi connectivity index (χ2v) is 8.63. The van der Waals surface area contributed by atoms with Crippen molar-refractivity contribution in [1.82, 2.24) is 15.0 Å². The van der Waals surface area contributed by atoms with Gasteiger partial charge in [-0.15, -0.1) is 15.0 Å². The smallest absolute Gasteiger partial charge is 0.313 e. The van der Waals surface area contributed by atoms with Gasteiger partial charge in [0.25, 0.3) is 0 Å². The van der Waals surface area contributed by atoms with Gasteiger partial charge in [0.05, 0.1) is 12.5 Å². The van der Waals surface area contributed by atoms with Crippen molar-refractivity contribution in [3.63, 3.8) is 0 Å². The van der Waals surface area contributed by atoms with E-state index in [-0.39, 0.29) is 17.1 Å². The SMILES string of the molecule is CCCOC(=O)C(C)c1cc(-n2nc3ccc(Cl)cc3n2)c(O)c(C(C)(C)C)c1. The van der Waals surface area contributed by atoms with Gasteiger partial charge in [-0.05, 0) is 48.6 Å². The van der Waals surface area contributed by atoms with Crippen LogP contribution in [0.15, 0.2) is 30.3 Å². The van der Waals surface area contributed by atoms with Crippen molar-refractivity contribution < 1.29 is 14.6 Å². The number of benzene rings is 2. The van der Waals surface area contributed by atoms with Crippen LogP contribution in [0.3, 0.4) is 0 Å². The van der Waals surface area contributed by atoms with E-state index in [4.69, 9.17) is 16.3 Å². The molecule has 0 fully saturated rings. The number of fused-ring (bicyclic) bond motifs is 1. The molecule has 0 radical (unpaired) electrons. The highest BCUT2D eigenvalue weighted by Crippen LogP contribution is 2.38. The third kappa shape index (κ3) is 4.37. The molecule has 1 aromatic heterocycles. The molecule has 0 spiro atoms. The Hall–Kier alpha value is -2.60.